The Balaban J connectivity index is 0.00000243. The average molecular weight is 376 g/mol. The molecule has 2 amide bonds. The lowest BCUT2D eigenvalue weighted by Gasteiger charge is -2.36. The van der Waals surface area contributed by atoms with Gasteiger partial charge in [0.2, 0.25) is 11.8 Å². The van der Waals surface area contributed by atoms with Gasteiger partial charge in [0.15, 0.2) is 0 Å². The molecule has 0 fully saturated rings. The number of benzene rings is 2. The van der Waals surface area contributed by atoms with E-state index in [0.29, 0.717) is 19.4 Å². The molecule has 2 atom stereocenters. The Hall–Kier alpha value is -2.57. The van der Waals surface area contributed by atoms with Gasteiger partial charge in [-0.25, -0.2) is 0 Å². The second-order valence-corrected chi connectivity index (χ2v) is 6.33. The van der Waals surface area contributed by atoms with Crippen LogP contribution in [0.5, 0.6) is 5.75 Å². The van der Waals surface area contributed by atoms with Gasteiger partial charge < -0.3 is 21.5 Å². The fraction of sp³-hybridized carbons (Fsp3) is 0.263. The lowest BCUT2D eigenvalue weighted by molar-refractivity contribution is -0.141. The zero-order valence-electron chi connectivity index (χ0n) is 14.2. The number of nitrogens with zero attached hydrogens (tertiary/aromatic N) is 1. The van der Waals surface area contributed by atoms with Crippen LogP contribution < -0.4 is 11.5 Å². The number of amides is 2. The zero-order chi connectivity index (χ0) is 18.0. The van der Waals surface area contributed by atoms with E-state index < -0.39 is 18.0 Å². The summed E-state index contributed by atoms with van der Waals surface area (Å²) in [6.45, 7) is 0.325. The minimum absolute atomic E-state index is 0. The van der Waals surface area contributed by atoms with Crippen molar-refractivity contribution in [2.75, 3.05) is 0 Å². The maximum absolute atomic E-state index is 12.8. The molecule has 2 aromatic rings. The first-order chi connectivity index (χ1) is 12.0. The number of phenolic OH excluding ortho intramolecular Hbond substituents is 1. The third-order valence-electron chi connectivity index (χ3n) is 4.57. The number of rotatable bonds is 4. The molecule has 1 heterocycles. The van der Waals surface area contributed by atoms with Gasteiger partial charge >= 0.3 is 0 Å². The van der Waals surface area contributed by atoms with E-state index in [1.54, 1.807) is 24.3 Å². The van der Waals surface area contributed by atoms with Gasteiger partial charge in [0.1, 0.15) is 11.8 Å². The van der Waals surface area contributed by atoms with Crippen LogP contribution in [-0.2, 0) is 29.0 Å². The summed E-state index contributed by atoms with van der Waals surface area (Å²) >= 11 is 0. The first-order valence-corrected chi connectivity index (χ1v) is 8.16. The third-order valence-corrected chi connectivity index (χ3v) is 4.57. The van der Waals surface area contributed by atoms with Gasteiger partial charge in [-0.05, 0) is 35.2 Å². The van der Waals surface area contributed by atoms with E-state index in [1.807, 2.05) is 24.3 Å². The number of aromatic hydroxyl groups is 1. The van der Waals surface area contributed by atoms with Crippen molar-refractivity contribution in [3.05, 3.63) is 65.2 Å². The van der Waals surface area contributed by atoms with E-state index in [1.165, 1.54) is 4.90 Å². The largest absolute Gasteiger partial charge is 0.508 e. The van der Waals surface area contributed by atoms with Crippen molar-refractivity contribution in [2.45, 2.75) is 31.5 Å². The maximum atomic E-state index is 12.8. The molecule has 6 nitrogen and oxygen atoms in total. The van der Waals surface area contributed by atoms with Gasteiger partial charge in [-0.1, -0.05) is 36.4 Å². The molecular formula is C19H22ClN3O3. The summed E-state index contributed by atoms with van der Waals surface area (Å²) in [5, 5.41) is 9.33. The standard InChI is InChI=1S/C19H21N3O3.ClH/c20-16(9-12-5-7-15(23)8-6-12)19(25)22-11-14-4-2-1-3-13(14)10-17(22)18(21)24;/h1-8,16-17,23H,9-11,20H2,(H2,21,24);1H/t16-,17-;/m0./s1. The number of carbonyl (C=O) groups excluding carboxylic acids is 2. The molecule has 0 bridgehead atoms. The fourth-order valence-electron chi connectivity index (χ4n) is 3.20. The number of fused-ring (bicyclic) bond motifs is 1. The van der Waals surface area contributed by atoms with Crippen LogP contribution in [0.3, 0.4) is 0 Å². The number of phenols is 1. The highest BCUT2D eigenvalue weighted by Gasteiger charge is 2.35. The van der Waals surface area contributed by atoms with Gasteiger partial charge in [-0.2, -0.15) is 0 Å². The van der Waals surface area contributed by atoms with Crippen molar-refractivity contribution in [1.82, 2.24) is 4.90 Å². The van der Waals surface area contributed by atoms with E-state index in [-0.39, 0.29) is 24.1 Å². The van der Waals surface area contributed by atoms with E-state index >= 15 is 0 Å². The summed E-state index contributed by atoms with van der Waals surface area (Å²) in [6.07, 6.45) is 0.728. The maximum Gasteiger partial charge on any atom is 0.240 e. The monoisotopic (exact) mass is 375 g/mol. The molecule has 2 aromatic carbocycles. The Morgan fingerprint density at radius 1 is 1.12 bits per heavy atom. The van der Waals surface area contributed by atoms with Gasteiger partial charge in [0.05, 0.1) is 6.04 Å². The zero-order valence-corrected chi connectivity index (χ0v) is 15.0. The number of hydrogen-bond acceptors (Lipinski definition) is 4. The summed E-state index contributed by atoms with van der Waals surface area (Å²) in [4.78, 5) is 26.2. The van der Waals surface area contributed by atoms with Crippen molar-refractivity contribution >= 4 is 24.2 Å². The SMILES string of the molecule is Cl.NC(=O)[C@@H]1Cc2ccccc2CN1C(=O)[C@@H](N)Cc1ccc(O)cc1. The second-order valence-electron chi connectivity index (χ2n) is 6.33. The number of hydrogen-bond donors (Lipinski definition) is 3. The molecule has 0 spiro atoms. The van der Waals surface area contributed by atoms with E-state index in [4.69, 9.17) is 11.5 Å². The van der Waals surface area contributed by atoms with Gasteiger partial charge in [0.25, 0.3) is 0 Å². The summed E-state index contributed by atoms with van der Waals surface area (Å²) in [6, 6.07) is 12.8. The van der Waals surface area contributed by atoms with Crippen LogP contribution in [0.2, 0.25) is 0 Å². The Kier molecular flexibility index (Phi) is 6.23. The number of primary amides is 1. The molecule has 0 aromatic heterocycles. The minimum Gasteiger partial charge on any atom is -0.508 e. The molecule has 5 N–H and O–H groups in total. The highest BCUT2D eigenvalue weighted by Crippen LogP contribution is 2.24. The summed E-state index contributed by atoms with van der Waals surface area (Å²) in [5.74, 6) is -0.670. The van der Waals surface area contributed by atoms with Crippen LogP contribution in [0.25, 0.3) is 0 Å². The Labute approximate surface area is 158 Å². The third kappa shape index (κ3) is 4.15. The highest BCUT2D eigenvalue weighted by molar-refractivity contribution is 5.90. The molecule has 1 aliphatic rings. The van der Waals surface area contributed by atoms with Crippen LogP contribution in [-0.4, -0.2) is 33.9 Å². The van der Waals surface area contributed by atoms with Crippen LogP contribution in [0.15, 0.2) is 48.5 Å². The van der Waals surface area contributed by atoms with Crippen molar-refractivity contribution in [1.29, 1.82) is 0 Å². The lowest BCUT2D eigenvalue weighted by atomic mass is 9.92. The van der Waals surface area contributed by atoms with Crippen molar-refractivity contribution in [3.8, 4) is 5.75 Å². The first-order valence-electron chi connectivity index (χ1n) is 8.16. The highest BCUT2D eigenvalue weighted by atomic mass is 35.5. The van der Waals surface area contributed by atoms with Crippen molar-refractivity contribution in [2.24, 2.45) is 11.5 Å². The van der Waals surface area contributed by atoms with Crippen LogP contribution in [0.4, 0.5) is 0 Å². The molecule has 138 valence electrons. The summed E-state index contributed by atoms with van der Waals surface area (Å²) < 4.78 is 0. The molecule has 0 aliphatic carbocycles. The fourth-order valence-corrected chi connectivity index (χ4v) is 3.20. The average Bonchev–Trinajstić information content (AvgIpc) is 2.61. The second kappa shape index (κ2) is 8.21. The molecule has 0 radical (unpaired) electrons. The van der Waals surface area contributed by atoms with Crippen molar-refractivity contribution < 1.29 is 14.7 Å². The number of halogens is 1. The van der Waals surface area contributed by atoms with Crippen molar-refractivity contribution in [3.63, 3.8) is 0 Å². The van der Waals surface area contributed by atoms with Gasteiger partial charge in [-0.3, -0.25) is 9.59 Å². The van der Waals surface area contributed by atoms with Crippen LogP contribution >= 0.6 is 12.4 Å². The molecular weight excluding hydrogens is 354 g/mol. The summed E-state index contributed by atoms with van der Waals surface area (Å²) in [5.41, 5.74) is 14.5. The molecule has 0 unspecified atom stereocenters. The predicted molar refractivity (Wildman–Crippen MR) is 101 cm³/mol. The van der Waals surface area contributed by atoms with Gasteiger partial charge in [0, 0.05) is 13.0 Å². The molecule has 0 saturated carbocycles. The van der Waals surface area contributed by atoms with E-state index in [2.05, 4.69) is 0 Å². The molecule has 7 heteroatoms. The number of carbonyl (C=O) groups is 2. The van der Waals surface area contributed by atoms with E-state index in [9.17, 15) is 14.7 Å². The first kappa shape index (κ1) is 19.8. The van der Waals surface area contributed by atoms with Gasteiger partial charge in [-0.15, -0.1) is 12.4 Å². The molecule has 26 heavy (non-hydrogen) atoms. The van der Waals surface area contributed by atoms with E-state index in [0.717, 1.165) is 16.7 Å². The number of nitrogens with two attached hydrogens (primary N) is 2. The smallest absolute Gasteiger partial charge is 0.240 e. The Bertz CT molecular complexity index is 795. The molecule has 0 saturated heterocycles. The minimum atomic E-state index is -0.781. The quantitative estimate of drug-likeness (QED) is 0.743. The van der Waals surface area contributed by atoms with Crippen LogP contribution in [0.1, 0.15) is 16.7 Å². The molecule has 1 aliphatic heterocycles. The molecule has 3 rings (SSSR count). The predicted octanol–water partition coefficient (Wildman–Crippen LogP) is 1.12. The normalized spacial score (nSPS) is 17.0. The van der Waals surface area contributed by atoms with Crippen LogP contribution in [0, 0.1) is 0 Å². The topological polar surface area (TPSA) is 110 Å². The lowest BCUT2D eigenvalue weighted by Crippen LogP contribution is -2.55. The Morgan fingerprint density at radius 3 is 2.35 bits per heavy atom. The Morgan fingerprint density at radius 2 is 1.73 bits per heavy atom. The summed E-state index contributed by atoms with van der Waals surface area (Å²) in [7, 11) is 0.